The first-order valence-corrected chi connectivity index (χ1v) is 19.2. The Labute approximate surface area is 332 Å². The molecule has 0 saturated carbocycles. The molecule has 0 atom stereocenters. The summed E-state index contributed by atoms with van der Waals surface area (Å²) < 4.78 is 0. The van der Waals surface area contributed by atoms with Gasteiger partial charge in [-0.2, -0.15) is 0 Å². The molecule has 57 heavy (non-hydrogen) atoms. The van der Waals surface area contributed by atoms with Crippen LogP contribution < -0.4 is 0 Å². The van der Waals surface area contributed by atoms with Crippen molar-refractivity contribution in [1.29, 1.82) is 0 Å². The summed E-state index contributed by atoms with van der Waals surface area (Å²) in [7, 11) is 0. The molecule has 0 amide bonds. The molecule has 0 fully saturated rings. The van der Waals surface area contributed by atoms with Crippen molar-refractivity contribution in [2.75, 3.05) is 0 Å². The third-order valence-corrected chi connectivity index (χ3v) is 11.4. The zero-order valence-corrected chi connectivity index (χ0v) is 31.6. The number of hydrogen-bond donors (Lipinski definition) is 0. The normalized spacial score (nSPS) is 12.5. The van der Waals surface area contributed by atoms with E-state index in [-0.39, 0.29) is 5.41 Å². The summed E-state index contributed by atoms with van der Waals surface area (Å²) >= 11 is 0. The zero-order chi connectivity index (χ0) is 38.5. The third-order valence-electron chi connectivity index (χ3n) is 11.4. The maximum Gasteiger partial charge on any atom is 0.195 e. The van der Waals surface area contributed by atoms with Crippen molar-refractivity contribution < 1.29 is 0 Å². The lowest BCUT2D eigenvalue weighted by atomic mass is 9.81. The first-order chi connectivity index (χ1) is 28.0. The minimum absolute atomic E-state index is 0.174. The predicted molar refractivity (Wildman–Crippen MR) is 234 cm³/mol. The third kappa shape index (κ3) is 5.89. The molecular weight excluding hydrogens is 693 g/mol. The summed E-state index contributed by atoms with van der Waals surface area (Å²) in [4.78, 5) is 18.6. The van der Waals surface area contributed by atoms with Gasteiger partial charge >= 0.3 is 0 Å². The summed E-state index contributed by atoms with van der Waals surface area (Å²) in [6.45, 7) is 12.3. The monoisotopic (exact) mass is 728 g/mol. The van der Waals surface area contributed by atoms with Gasteiger partial charge in [0.1, 0.15) is 0 Å². The van der Waals surface area contributed by atoms with Crippen molar-refractivity contribution >= 4 is 16.5 Å². The number of benzene rings is 8. The second-order valence-corrected chi connectivity index (χ2v) is 15.1. The molecule has 0 radical (unpaired) electrons. The van der Waals surface area contributed by atoms with E-state index in [2.05, 4.69) is 128 Å². The lowest BCUT2D eigenvalue weighted by Crippen LogP contribution is -2.14. The van der Waals surface area contributed by atoms with Gasteiger partial charge in [0, 0.05) is 22.1 Å². The average molecular weight is 729 g/mol. The van der Waals surface area contributed by atoms with Crippen LogP contribution in [-0.2, 0) is 5.41 Å². The molecule has 268 valence electrons. The Balaban J connectivity index is 0.968. The SMILES string of the molecule is [C-]#[N+]c1cccc2c1-c1ccc(-c3ccc(-c4ccc(-c5ccc(-c6nc(-c7ccccc7)nc(-c7ccccc7)n6)cc5)c5ccccc45)cc3)cc1C2(C)C. The molecule has 9 aromatic rings. The molecule has 0 spiro atoms. The fourth-order valence-electron chi connectivity index (χ4n) is 8.42. The van der Waals surface area contributed by atoms with Crippen LogP contribution in [-0.4, -0.2) is 15.0 Å². The highest BCUT2D eigenvalue weighted by molar-refractivity contribution is 6.05. The largest absolute Gasteiger partial charge is 0.238 e. The van der Waals surface area contributed by atoms with E-state index < -0.39 is 0 Å². The summed E-state index contributed by atoms with van der Waals surface area (Å²) in [6, 6.07) is 63.6. The van der Waals surface area contributed by atoms with Crippen LogP contribution in [0.5, 0.6) is 0 Å². The molecule has 4 nitrogen and oxygen atoms in total. The summed E-state index contributed by atoms with van der Waals surface area (Å²) in [5.74, 6) is 1.94. The van der Waals surface area contributed by atoms with E-state index in [0.717, 1.165) is 33.5 Å². The van der Waals surface area contributed by atoms with E-state index in [1.165, 1.54) is 55.3 Å². The van der Waals surface area contributed by atoms with Crippen molar-refractivity contribution in [3.63, 3.8) is 0 Å². The van der Waals surface area contributed by atoms with Crippen molar-refractivity contribution in [2.24, 2.45) is 0 Å². The van der Waals surface area contributed by atoms with Gasteiger partial charge in [-0.05, 0) is 72.5 Å². The fraction of sp³-hybridized carbons (Fsp3) is 0.0566. The molecule has 0 bridgehead atoms. The van der Waals surface area contributed by atoms with Crippen LogP contribution in [0.15, 0.2) is 182 Å². The Bertz CT molecular complexity index is 2960. The van der Waals surface area contributed by atoms with Gasteiger partial charge in [-0.3, -0.25) is 0 Å². The smallest absolute Gasteiger partial charge is 0.195 e. The van der Waals surface area contributed by atoms with E-state index in [1.54, 1.807) is 0 Å². The first kappa shape index (κ1) is 34.0. The minimum Gasteiger partial charge on any atom is -0.238 e. The van der Waals surface area contributed by atoms with Crippen LogP contribution in [0.4, 0.5) is 5.69 Å². The van der Waals surface area contributed by atoms with Crippen molar-refractivity contribution in [2.45, 2.75) is 19.3 Å². The lowest BCUT2D eigenvalue weighted by Gasteiger charge is -2.22. The van der Waals surface area contributed by atoms with Gasteiger partial charge in [0.05, 0.1) is 6.57 Å². The molecule has 0 aliphatic heterocycles. The number of nitrogens with zero attached hydrogens (tertiary/aromatic N) is 4. The molecule has 1 heterocycles. The average Bonchev–Trinajstić information content (AvgIpc) is 3.52. The quantitative estimate of drug-likeness (QED) is 0.160. The van der Waals surface area contributed by atoms with E-state index in [4.69, 9.17) is 21.5 Å². The highest BCUT2D eigenvalue weighted by Gasteiger charge is 2.36. The van der Waals surface area contributed by atoms with Gasteiger partial charge in [-0.15, -0.1) is 0 Å². The molecule has 4 heteroatoms. The van der Waals surface area contributed by atoms with Crippen LogP contribution in [0.3, 0.4) is 0 Å². The Hall–Kier alpha value is -7.48. The van der Waals surface area contributed by atoms with Gasteiger partial charge in [0.15, 0.2) is 23.2 Å². The lowest BCUT2D eigenvalue weighted by molar-refractivity contribution is 0.661. The van der Waals surface area contributed by atoms with Gasteiger partial charge in [0.2, 0.25) is 0 Å². The van der Waals surface area contributed by atoms with Crippen LogP contribution in [0.1, 0.15) is 25.0 Å². The number of aromatic nitrogens is 3. The summed E-state index contributed by atoms with van der Waals surface area (Å²) in [5.41, 5.74) is 15.1. The maximum atomic E-state index is 7.77. The predicted octanol–water partition coefficient (Wildman–Crippen LogP) is 13.9. The summed E-state index contributed by atoms with van der Waals surface area (Å²) in [6.07, 6.45) is 0. The van der Waals surface area contributed by atoms with Crippen LogP contribution in [0.25, 0.3) is 94.3 Å². The second-order valence-electron chi connectivity index (χ2n) is 15.1. The van der Waals surface area contributed by atoms with E-state index in [1.807, 2.05) is 72.8 Å². The number of rotatable bonds is 6. The van der Waals surface area contributed by atoms with E-state index in [9.17, 15) is 0 Å². The van der Waals surface area contributed by atoms with Gasteiger partial charge in [0.25, 0.3) is 0 Å². The Morgan fingerprint density at radius 2 is 0.825 bits per heavy atom. The van der Waals surface area contributed by atoms with Gasteiger partial charge in [-0.25, -0.2) is 19.8 Å². The fourth-order valence-corrected chi connectivity index (χ4v) is 8.42. The highest BCUT2D eigenvalue weighted by Crippen LogP contribution is 2.53. The molecule has 0 N–H and O–H groups in total. The van der Waals surface area contributed by atoms with Crippen molar-refractivity contribution in [3.05, 3.63) is 205 Å². The van der Waals surface area contributed by atoms with Crippen molar-refractivity contribution in [3.8, 4) is 78.7 Å². The Kier molecular flexibility index (Phi) is 8.17. The first-order valence-electron chi connectivity index (χ1n) is 19.2. The molecule has 8 aromatic carbocycles. The topological polar surface area (TPSA) is 43.0 Å². The molecule has 1 aliphatic rings. The molecule has 0 saturated heterocycles. The van der Waals surface area contributed by atoms with Gasteiger partial charge < -0.3 is 0 Å². The highest BCUT2D eigenvalue weighted by atomic mass is 15.0. The Morgan fingerprint density at radius 1 is 0.386 bits per heavy atom. The van der Waals surface area contributed by atoms with Crippen LogP contribution in [0.2, 0.25) is 0 Å². The molecular formula is C53H36N4. The standard InChI is InChI=1S/C53H36N4/c1-53(2)46-19-12-20-48(54-3)49(46)45-30-29-40(33-47(45)53)34-21-23-35(24-22-34)41-31-32-42(44-18-11-10-17-43(41)44)36-25-27-39(28-26-36)52-56-50(37-13-6-4-7-14-37)55-51(57-52)38-15-8-5-9-16-38/h4-33H,1-2H3. The molecule has 1 aliphatic carbocycles. The summed E-state index contributed by atoms with van der Waals surface area (Å²) in [5, 5.41) is 2.40. The zero-order valence-electron chi connectivity index (χ0n) is 31.6. The molecule has 10 rings (SSSR count). The van der Waals surface area contributed by atoms with E-state index >= 15 is 0 Å². The van der Waals surface area contributed by atoms with Crippen LogP contribution >= 0.6 is 0 Å². The maximum absolute atomic E-state index is 7.77. The molecule has 0 unspecified atom stereocenters. The Morgan fingerprint density at radius 3 is 1.35 bits per heavy atom. The van der Waals surface area contributed by atoms with Crippen molar-refractivity contribution in [1.82, 2.24) is 15.0 Å². The molecule has 1 aromatic heterocycles. The number of fused-ring (bicyclic) bond motifs is 4. The van der Waals surface area contributed by atoms with Crippen LogP contribution in [0, 0.1) is 6.57 Å². The second kappa shape index (κ2) is 13.7. The minimum atomic E-state index is -0.174. The van der Waals surface area contributed by atoms with Gasteiger partial charge in [-0.1, -0.05) is 190 Å². The number of hydrogen-bond acceptors (Lipinski definition) is 3. The van der Waals surface area contributed by atoms with E-state index in [0.29, 0.717) is 17.5 Å².